The van der Waals surface area contributed by atoms with Crippen LogP contribution in [0.4, 0.5) is 8.78 Å². The van der Waals surface area contributed by atoms with Gasteiger partial charge in [0.1, 0.15) is 11.6 Å². The Kier molecular flexibility index (Phi) is 5.35. The maximum Gasteiger partial charge on any atom is 0.123 e. The molecule has 2 atom stereocenters. The number of piperidine rings is 2. The van der Waals surface area contributed by atoms with Crippen molar-refractivity contribution in [3.05, 3.63) is 71.3 Å². The van der Waals surface area contributed by atoms with Crippen LogP contribution in [0, 0.1) is 17.6 Å². The van der Waals surface area contributed by atoms with Crippen LogP contribution in [-0.4, -0.2) is 24.0 Å². The van der Waals surface area contributed by atoms with Gasteiger partial charge in [0.25, 0.3) is 0 Å². The van der Waals surface area contributed by atoms with Crippen molar-refractivity contribution in [2.75, 3.05) is 13.1 Å². The van der Waals surface area contributed by atoms with Crippen LogP contribution in [0.1, 0.15) is 55.6 Å². The summed E-state index contributed by atoms with van der Waals surface area (Å²) in [6, 6.07) is 14.4. The highest BCUT2D eigenvalue weighted by Gasteiger charge is 2.34. The van der Waals surface area contributed by atoms with E-state index in [0.29, 0.717) is 12.0 Å². The second-order valence-electron chi connectivity index (χ2n) is 7.89. The van der Waals surface area contributed by atoms with Crippen molar-refractivity contribution in [1.82, 2.24) is 4.90 Å². The van der Waals surface area contributed by atoms with E-state index >= 15 is 0 Å². The van der Waals surface area contributed by atoms with Crippen molar-refractivity contribution in [2.45, 2.75) is 50.5 Å². The highest BCUT2D eigenvalue weighted by atomic mass is 19.1. The van der Waals surface area contributed by atoms with Gasteiger partial charge in [-0.1, -0.05) is 30.7 Å². The summed E-state index contributed by atoms with van der Waals surface area (Å²) >= 11 is 0. The van der Waals surface area contributed by atoms with E-state index in [1.54, 1.807) is 24.3 Å². The van der Waals surface area contributed by atoms with Gasteiger partial charge in [0.15, 0.2) is 0 Å². The van der Waals surface area contributed by atoms with Crippen LogP contribution in [0.15, 0.2) is 48.5 Å². The third-order valence-electron chi connectivity index (χ3n) is 6.31. The Hall–Kier alpha value is -1.74. The SMILES string of the molecule is Fc1ccc(C(C[C@@H]2CCCN3CCCC[C@H]23)c2ccc(F)cc2)cc1. The van der Waals surface area contributed by atoms with Crippen molar-refractivity contribution in [3.63, 3.8) is 0 Å². The first-order valence-electron chi connectivity index (χ1n) is 9.96. The first kappa shape index (κ1) is 17.7. The zero-order valence-electron chi connectivity index (χ0n) is 15.2. The number of fused-ring (bicyclic) bond motifs is 1. The summed E-state index contributed by atoms with van der Waals surface area (Å²) in [5.74, 6) is 0.442. The number of hydrogen-bond donors (Lipinski definition) is 0. The maximum absolute atomic E-state index is 13.4. The Morgan fingerprint density at radius 1 is 0.769 bits per heavy atom. The van der Waals surface area contributed by atoms with Crippen LogP contribution in [0.5, 0.6) is 0 Å². The fourth-order valence-electron chi connectivity index (χ4n) is 5.01. The lowest BCUT2D eigenvalue weighted by molar-refractivity contribution is 0.0540. The minimum atomic E-state index is -0.206. The summed E-state index contributed by atoms with van der Waals surface area (Å²) in [7, 11) is 0. The Morgan fingerprint density at radius 3 is 1.96 bits per heavy atom. The highest BCUT2D eigenvalue weighted by molar-refractivity contribution is 5.33. The summed E-state index contributed by atoms with van der Waals surface area (Å²) in [6.07, 6.45) is 7.53. The molecule has 0 unspecified atom stereocenters. The highest BCUT2D eigenvalue weighted by Crippen LogP contribution is 2.39. The normalized spacial score (nSPS) is 23.8. The van der Waals surface area contributed by atoms with Gasteiger partial charge >= 0.3 is 0 Å². The largest absolute Gasteiger partial charge is 0.300 e. The zero-order valence-corrected chi connectivity index (χ0v) is 15.2. The lowest BCUT2D eigenvalue weighted by atomic mass is 9.75. The molecule has 2 fully saturated rings. The van der Waals surface area contributed by atoms with Gasteiger partial charge in [-0.3, -0.25) is 0 Å². The van der Waals surface area contributed by atoms with Gasteiger partial charge in [-0.05, 0) is 86.5 Å². The number of hydrogen-bond acceptors (Lipinski definition) is 1. The molecule has 0 saturated carbocycles. The average Bonchev–Trinajstić information content (AvgIpc) is 2.68. The summed E-state index contributed by atoms with van der Waals surface area (Å²) in [5.41, 5.74) is 2.26. The topological polar surface area (TPSA) is 3.24 Å². The molecule has 2 heterocycles. The maximum atomic E-state index is 13.4. The molecule has 2 aromatic carbocycles. The molecule has 0 spiro atoms. The zero-order chi connectivity index (χ0) is 17.9. The smallest absolute Gasteiger partial charge is 0.123 e. The Bertz CT molecular complexity index is 662. The van der Waals surface area contributed by atoms with Crippen LogP contribution >= 0.6 is 0 Å². The molecule has 2 saturated heterocycles. The van der Waals surface area contributed by atoms with Gasteiger partial charge in [0.2, 0.25) is 0 Å². The molecule has 3 heteroatoms. The van der Waals surface area contributed by atoms with E-state index in [4.69, 9.17) is 0 Å². The third kappa shape index (κ3) is 3.83. The second kappa shape index (κ2) is 7.87. The van der Waals surface area contributed by atoms with Gasteiger partial charge in [0.05, 0.1) is 0 Å². The van der Waals surface area contributed by atoms with Gasteiger partial charge in [-0.2, -0.15) is 0 Å². The molecule has 0 amide bonds. The number of halogens is 2. The van der Waals surface area contributed by atoms with Gasteiger partial charge in [-0.25, -0.2) is 8.78 Å². The molecule has 0 radical (unpaired) electrons. The number of benzene rings is 2. The lowest BCUT2D eigenvalue weighted by Crippen LogP contribution is -2.48. The fraction of sp³-hybridized carbons (Fsp3) is 0.478. The molecular weight excluding hydrogens is 328 g/mol. The second-order valence-corrected chi connectivity index (χ2v) is 7.89. The summed E-state index contributed by atoms with van der Waals surface area (Å²) < 4.78 is 26.9. The van der Waals surface area contributed by atoms with Gasteiger partial charge in [0, 0.05) is 12.0 Å². The van der Waals surface area contributed by atoms with E-state index in [9.17, 15) is 8.78 Å². The van der Waals surface area contributed by atoms with E-state index < -0.39 is 0 Å². The lowest BCUT2D eigenvalue weighted by Gasteiger charge is -2.45. The van der Waals surface area contributed by atoms with Crippen molar-refractivity contribution in [3.8, 4) is 0 Å². The van der Waals surface area contributed by atoms with E-state index in [-0.39, 0.29) is 17.6 Å². The molecule has 0 aromatic heterocycles. The molecule has 0 bridgehead atoms. The van der Waals surface area contributed by atoms with Gasteiger partial charge < -0.3 is 4.90 Å². The quantitative estimate of drug-likeness (QED) is 0.675. The number of rotatable bonds is 4. The molecule has 1 nitrogen and oxygen atoms in total. The van der Waals surface area contributed by atoms with Crippen molar-refractivity contribution in [1.29, 1.82) is 0 Å². The monoisotopic (exact) mass is 355 g/mol. The molecule has 0 aliphatic carbocycles. The van der Waals surface area contributed by atoms with Crippen molar-refractivity contribution >= 4 is 0 Å². The van der Waals surface area contributed by atoms with Crippen LogP contribution in [0.3, 0.4) is 0 Å². The minimum Gasteiger partial charge on any atom is -0.300 e. The minimum absolute atomic E-state index is 0.197. The molecule has 0 N–H and O–H groups in total. The summed E-state index contributed by atoms with van der Waals surface area (Å²) in [6.45, 7) is 2.47. The molecule has 2 aliphatic heterocycles. The van der Waals surface area contributed by atoms with Crippen molar-refractivity contribution < 1.29 is 8.78 Å². The molecule has 4 rings (SSSR count). The first-order valence-corrected chi connectivity index (χ1v) is 9.96. The summed E-state index contributed by atoms with van der Waals surface area (Å²) in [5, 5.41) is 0. The van der Waals surface area contributed by atoms with E-state index in [1.807, 2.05) is 24.3 Å². The third-order valence-corrected chi connectivity index (χ3v) is 6.31. The molecular formula is C23H27F2N. The predicted octanol–water partition coefficient (Wildman–Crippen LogP) is 5.75. The van der Waals surface area contributed by atoms with Gasteiger partial charge in [-0.15, -0.1) is 0 Å². The fourth-order valence-corrected chi connectivity index (χ4v) is 5.01. The van der Waals surface area contributed by atoms with Crippen molar-refractivity contribution in [2.24, 2.45) is 5.92 Å². The summed E-state index contributed by atoms with van der Waals surface area (Å²) in [4.78, 5) is 2.68. The van der Waals surface area contributed by atoms with Crippen LogP contribution < -0.4 is 0 Å². The van der Waals surface area contributed by atoms with Crippen LogP contribution in [0.25, 0.3) is 0 Å². The standard InChI is InChI=1S/C23H27F2N/c24-20-10-6-17(7-11-20)22(18-8-12-21(25)13-9-18)16-19-4-3-15-26-14-2-1-5-23(19)26/h6-13,19,22-23H,1-5,14-16H2/t19-,23+/m0/s1. The molecule has 2 aromatic rings. The molecule has 2 aliphatic rings. The predicted molar refractivity (Wildman–Crippen MR) is 101 cm³/mol. The molecule has 138 valence electrons. The van der Waals surface area contributed by atoms with Crippen LogP contribution in [-0.2, 0) is 0 Å². The Morgan fingerprint density at radius 2 is 1.35 bits per heavy atom. The number of nitrogens with zero attached hydrogens (tertiary/aromatic N) is 1. The molecule has 26 heavy (non-hydrogen) atoms. The Balaban J connectivity index is 1.62. The average molecular weight is 355 g/mol. The van der Waals surface area contributed by atoms with E-state index in [1.165, 1.54) is 45.2 Å². The van der Waals surface area contributed by atoms with E-state index in [2.05, 4.69) is 4.90 Å². The van der Waals surface area contributed by atoms with E-state index in [0.717, 1.165) is 17.5 Å². The Labute approximate surface area is 155 Å². The van der Waals surface area contributed by atoms with Crippen LogP contribution in [0.2, 0.25) is 0 Å². The first-order chi connectivity index (χ1) is 12.7.